The number of pyridine rings is 1. The number of aryl methyl sites for hydroxylation is 1. The summed E-state index contributed by atoms with van der Waals surface area (Å²) in [5.74, 6) is 0.203. The molecule has 0 radical (unpaired) electrons. The third-order valence-corrected chi connectivity index (χ3v) is 6.91. The van der Waals surface area contributed by atoms with Crippen LogP contribution in [-0.4, -0.2) is 36.6 Å². The largest absolute Gasteiger partial charge is 0.433 e. The second-order valence-electron chi connectivity index (χ2n) is 6.57. The molecule has 132 valence electrons. The van der Waals surface area contributed by atoms with E-state index in [1.807, 2.05) is 0 Å². The van der Waals surface area contributed by atoms with E-state index in [4.69, 9.17) is 0 Å². The minimum atomic E-state index is -4.61. The molecular formula is C15H17F3N2O3S. The summed E-state index contributed by atoms with van der Waals surface area (Å²) in [6.07, 6.45) is -2.40. The van der Waals surface area contributed by atoms with Crippen LogP contribution in [0.15, 0.2) is 17.0 Å². The molecule has 0 aromatic carbocycles. The van der Waals surface area contributed by atoms with Gasteiger partial charge >= 0.3 is 6.18 Å². The number of hydrogen-bond donors (Lipinski definition) is 0. The maximum atomic E-state index is 12.7. The number of alkyl halides is 3. The lowest BCUT2D eigenvalue weighted by molar-refractivity contribution is -0.141. The SMILES string of the molecule is Cc1nc(C(F)(F)F)ccc1S(=O)(=O)N1CCC2(CC1)CC(=O)C2. The van der Waals surface area contributed by atoms with Crippen LogP contribution in [-0.2, 0) is 21.0 Å². The lowest BCUT2D eigenvalue weighted by Crippen LogP contribution is -2.49. The molecule has 3 rings (SSSR count). The van der Waals surface area contributed by atoms with Gasteiger partial charge in [0.2, 0.25) is 10.0 Å². The number of aromatic nitrogens is 1. The molecule has 0 bridgehead atoms. The smallest absolute Gasteiger partial charge is 0.300 e. The predicted molar refractivity (Wildman–Crippen MR) is 78.6 cm³/mol. The number of piperidine rings is 1. The zero-order chi connectivity index (χ0) is 17.8. The van der Waals surface area contributed by atoms with Gasteiger partial charge in [-0.1, -0.05) is 0 Å². The number of carbonyl (C=O) groups is 1. The molecule has 0 atom stereocenters. The molecule has 1 saturated carbocycles. The van der Waals surface area contributed by atoms with Crippen molar-refractivity contribution in [3.63, 3.8) is 0 Å². The summed E-state index contributed by atoms with van der Waals surface area (Å²) in [5.41, 5.74) is -1.34. The van der Waals surface area contributed by atoms with Gasteiger partial charge in [-0.3, -0.25) is 4.79 Å². The maximum absolute atomic E-state index is 12.7. The number of sulfonamides is 1. The number of Topliss-reactive ketones (excluding diaryl/α,β-unsaturated/α-hetero) is 1. The van der Waals surface area contributed by atoms with Crippen molar-refractivity contribution in [2.75, 3.05) is 13.1 Å². The molecule has 1 aromatic heterocycles. The second kappa shape index (κ2) is 5.52. The Labute approximate surface area is 137 Å². The number of rotatable bonds is 2. The molecule has 5 nitrogen and oxygen atoms in total. The van der Waals surface area contributed by atoms with E-state index < -0.39 is 21.9 Å². The minimum absolute atomic E-state index is 0.0729. The van der Waals surface area contributed by atoms with Gasteiger partial charge in [-0.05, 0) is 37.3 Å². The maximum Gasteiger partial charge on any atom is 0.433 e. The number of hydrogen-bond acceptors (Lipinski definition) is 4. The van der Waals surface area contributed by atoms with Gasteiger partial charge in [0, 0.05) is 25.9 Å². The minimum Gasteiger partial charge on any atom is -0.300 e. The van der Waals surface area contributed by atoms with Crippen LogP contribution < -0.4 is 0 Å². The molecule has 1 saturated heterocycles. The van der Waals surface area contributed by atoms with Crippen molar-refractivity contribution in [3.05, 3.63) is 23.5 Å². The summed E-state index contributed by atoms with van der Waals surface area (Å²) < 4.78 is 64.6. The van der Waals surface area contributed by atoms with Crippen molar-refractivity contribution in [1.82, 2.24) is 9.29 Å². The lowest BCUT2D eigenvalue weighted by Gasteiger charge is -2.46. The van der Waals surface area contributed by atoms with Crippen molar-refractivity contribution in [2.24, 2.45) is 5.41 Å². The normalized spacial score (nSPS) is 21.8. The number of nitrogens with zero attached hydrogens (tertiary/aromatic N) is 2. The Balaban J connectivity index is 1.80. The summed E-state index contributed by atoms with van der Waals surface area (Å²) in [7, 11) is -3.88. The van der Waals surface area contributed by atoms with Crippen LogP contribution in [0.25, 0.3) is 0 Å². The third-order valence-electron chi connectivity index (χ3n) is 4.87. The fourth-order valence-corrected chi connectivity index (χ4v) is 5.06. The summed E-state index contributed by atoms with van der Waals surface area (Å²) in [6, 6.07) is 1.66. The molecule has 24 heavy (non-hydrogen) atoms. The Morgan fingerprint density at radius 1 is 1.17 bits per heavy atom. The first-order valence-electron chi connectivity index (χ1n) is 7.60. The van der Waals surface area contributed by atoms with Gasteiger partial charge < -0.3 is 0 Å². The van der Waals surface area contributed by atoms with Crippen LogP contribution in [0.4, 0.5) is 13.2 Å². The lowest BCUT2D eigenvalue weighted by atomic mass is 9.63. The van der Waals surface area contributed by atoms with Gasteiger partial charge in [-0.2, -0.15) is 17.5 Å². The van der Waals surface area contributed by atoms with Gasteiger partial charge in [0.25, 0.3) is 0 Å². The predicted octanol–water partition coefficient (Wildman–Crippen LogP) is 2.54. The molecule has 1 spiro atoms. The number of halogens is 3. The third kappa shape index (κ3) is 2.95. The van der Waals surface area contributed by atoms with E-state index in [0.29, 0.717) is 31.7 Å². The van der Waals surface area contributed by atoms with Crippen LogP contribution in [0.5, 0.6) is 0 Å². The summed E-state index contributed by atoms with van der Waals surface area (Å²) in [5, 5.41) is 0. The van der Waals surface area contributed by atoms with Gasteiger partial charge in [-0.15, -0.1) is 0 Å². The van der Waals surface area contributed by atoms with Crippen LogP contribution in [0.3, 0.4) is 0 Å². The van der Waals surface area contributed by atoms with Gasteiger partial charge in [0.15, 0.2) is 0 Å². The summed E-state index contributed by atoms with van der Waals surface area (Å²) in [6.45, 7) is 1.81. The molecule has 1 aliphatic carbocycles. The topological polar surface area (TPSA) is 67.3 Å². The number of carbonyl (C=O) groups excluding carboxylic acids is 1. The molecule has 2 aliphatic rings. The van der Waals surface area contributed by atoms with Crippen molar-refractivity contribution < 1.29 is 26.4 Å². The van der Waals surface area contributed by atoms with Crippen molar-refractivity contribution in [3.8, 4) is 0 Å². The number of ketones is 1. The Morgan fingerprint density at radius 3 is 2.21 bits per heavy atom. The van der Waals surface area contributed by atoms with E-state index in [-0.39, 0.29) is 34.9 Å². The fourth-order valence-electron chi connectivity index (χ4n) is 3.46. The van der Waals surface area contributed by atoms with E-state index in [9.17, 15) is 26.4 Å². The summed E-state index contributed by atoms with van der Waals surface area (Å²) in [4.78, 5) is 14.4. The average molecular weight is 362 g/mol. The van der Waals surface area contributed by atoms with E-state index in [1.54, 1.807) is 0 Å². The monoisotopic (exact) mass is 362 g/mol. The highest BCUT2D eigenvalue weighted by Crippen LogP contribution is 2.47. The van der Waals surface area contributed by atoms with Crippen molar-refractivity contribution in [1.29, 1.82) is 0 Å². The average Bonchev–Trinajstić information content (AvgIpc) is 2.45. The molecule has 1 aromatic rings. The van der Waals surface area contributed by atoms with E-state index in [2.05, 4.69) is 4.98 Å². The molecule has 2 fully saturated rings. The molecule has 9 heteroatoms. The van der Waals surface area contributed by atoms with Crippen molar-refractivity contribution >= 4 is 15.8 Å². The molecule has 0 unspecified atom stereocenters. The van der Waals surface area contributed by atoms with Crippen molar-refractivity contribution in [2.45, 2.75) is 43.7 Å². The highest BCUT2D eigenvalue weighted by Gasteiger charge is 2.47. The Kier molecular flexibility index (Phi) is 3.99. The van der Waals surface area contributed by atoms with E-state index in [1.165, 1.54) is 11.2 Å². The highest BCUT2D eigenvalue weighted by molar-refractivity contribution is 7.89. The Morgan fingerprint density at radius 2 is 1.75 bits per heavy atom. The molecule has 0 amide bonds. The Bertz CT molecular complexity index is 772. The molecular weight excluding hydrogens is 345 g/mol. The Hall–Kier alpha value is -1.48. The van der Waals surface area contributed by atoms with E-state index >= 15 is 0 Å². The van der Waals surface area contributed by atoms with Crippen LogP contribution in [0.1, 0.15) is 37.1 Å². The zero-order valence-corrected chi connectivity index (χ0v) is 13.9. The first-order valence-corrected chi connectivity index (χ1v) is 9.04. The second-order valence-corrected chi connectivity index (χ2v) is 8.48. The van der Waals surface area contributed by atoms with Crippen LogP contribution >= 0.6 is 0 Å². The fraction of sp³-hybridized carbons (Fsp3) is 0.600. The molecule has 2 heterocycles. The molecule has 1 aliphatic heterocycles. The highest BCUT2D eigenvalue weighted by atomic mass is 32.2. The first-order chi connectivity index (χ1) is 11.0. The molecule has 0 N–H and O–H groups in total. The quantitative estimate of drug-likeness (QED) is 0.811. The first kappa shape index (κ1) is 17.3. The van der Waals surface area contributed by atoms with E-state index in [0.717, 1.165) is 6.07 Å². The van der Waals surface area contributed by atoms with Gasteiger partial charge in [-0.25, -0.2) is 13.4 Å². The van der Waals surface area contributed by atoms with Gasteiger partial charge in [0.05, 0.1) is 5.69 Å². The summed E-state index contributed by atoms with van der Waals surface area (Å²) >= 11 is 0. The van der Waals surface area contributed by atoms with Crippen LogP contribution in [0.2, 0.25) is 0 Å². The standard InChI is InChI=1S/C15H17F3N2O3S/c1-10-12(2-3-13(19-10)15(16,17)18)24(22,23)20-6-4-14(5-7-20)8-11(21)9-14/h2-3H,4-9H2,1H3. The van der Waals surface area contributed by atoms with Gasteiger partial charge in [0.1, 0.15) is 16.4 Å². The zero-order valence-electron chi connectivity index (χ0n) is 13.1. The van der Waals surface area contributed by atoms with Crippen LogP contribution in [0, 0.1) is 12.3 Å².